The highest BCUT2D eigenvalue weighted by molar-refractivity contribution is 6.22. The van der Waals surface area contributed by atoms with Gasteiger partial charge in [-0.3, -0.25) is 0 Å². The Bertz CT molecular complexity index is 474. The first-order valence-corrected chi connectivity index (χ1v) is 5.67. The maximum Gasteiger partial charge on any atom is 0.0841 e. The molecule has 80 valence electrons. The topological polar surface area (TPSA) is 0 Å². The van der Waals surface area contributed by atoms with Crippen LogP contribution in [0.2, 0.25) is 0 Å². The Hall–Kier alpha value is -1.53. The molecule has 16 heavy (non-hydrogen) atoms. The molecule has 0 fully saturated rings. The van der Waals surface area contributed by atoms with E-state index in [1.165, 1.54) is 0 Å². The average molecular weight is 229 g/mol. The van der Waals surface area contributed by atoms with Gasteiger partial charge in [-0.15, -0.1) is 11.6 Å². The Morgan fingerprint density at radius 3 is 2.25 bits per heavy atom. The molecule has 0 aromatic heterocycles. The minimum atomic E-state index is -0.115. The zero-order valence-electron chi connectivity index (χ0n) is 8.94. The van der Waals surface area contributed by atoms with Crippen molar-refractivity contribution in [2.24, 2.45) is 0 Å². The number of hydrogen-bond acceptors (Lipinski definition) is 0. The molecule has 0 nitrogen and oxygen atoms in total. The second-order valence-electron chi connectivity index (χ2n) is 3.61. The highest BCUT2D eigenvalue weighted by Crippen LogP contribution is 2.31. The van der Waals surface area contributed by atoms with Crippen molar-refractivity contribution < 1.29 is 0 Å². The van der Waals surface area contributed by atoms with Crippen LogP contribution in [0.4, 0.5) is 0 Å². The molecular weight excluding hydrogens is 216 g/mol. The lowest BCUT2D eigenvalue weighted by atomic mass is 9.99. The minimum Gasteiger partial charge on any atom is -0.113 e. The Balaban J connectivity index is 2.41. The van der Waals surface area contributed by atoms with Crippen LogP contribution in [0, 0.1) is 0 Å². The van der Waals surface area contributed by atoms with Gasteiger partial charge in [-0.05, 0) is 16.7 Å². The molecule has 0 aliphatic carbocycles. The molecule has 0 saturated heterocycles. The van der Waals surface area contributed by atoms with Crippen molar-refractivity contribution in [3.8, 4) is 0 Å². The predicted octanol–water partition coefficient (Wildman–Crippen LogP) is 4.66. The van der Waals surface area contributed by atoms with Gasteiger partial charge in [-0.1, -0.05) is 67.3 Å². The summed E-state index contributed by atoms with van der Waals surface area (Å²) in [6, 6.07) is 18.1. The number of alkyl halides is 1. The third-order valence-corrected chi connectivity index (χ3v) is 3.07. The number of rotatable bonds is 3. The van der Waals surface area contributed by atoms with E-state index in [2.05, 4.69) is 6.58 Å². The van der Waals surface area contributed by atoms with Crippen molar-refractivity contribution in [2.45, 2.75) is 5.38 Å². The van der Waals surface area contributed by atoms with Crippen LogP contribution in [0.3, 0.4) is 0 Å². The molecule has 2 aromatic rings. The second-order valence-corrected chi connectivity index (χ2v) is 4.04. The monoisotopic (exact) mass is 228 g/mol. The van der Waals surface area contributed by atoms with Crippen LogP contribution >= 0.6 is 11.6 Å². The third-order valence-electron chi connectivity index (χ3n) is 2.58. The van der Waals surface area contributed by atoms with Gasteiger partial charge in [0, 0.05) is 0 Å². The van der Waals surface area contributed by atoms with Crippen LogP contribution in [-0.4, -0.2) is 0 Å². The molecule has 0 amide bonds. The molecule has 1 atom stereocenters. The van der Waals surface area contributed by atoms with Crippen LogP contribution in [0.5, 0.6) is 0 Å². The highest BCUT2D eigenvalue weighted by Gasteiger charge is 2.12. The lowest BCUT2D eigenvalue weighted by Gasteiger charge is -2.12. The van der Waals surface area contributed by atoms with Crippen LogP contribution in [0.1, 0.15) is 22.1 Å². The van der Waals surface area contributed by atoms with E-state index < -0.39 is 0 Å². The van der Waals surface area contributed by atoms with Crippen LogP contribution in [0.25, 0.3) is 6.08 Å². The van der Waals surface area contributed by atoms with Gasteiger partial charge in [0.2, 0.25) is 0 Å². The first-order valence-electron chi connectivity index (χ1n) is 5.23. The van der Waals surface area contributed by atoms with Crippen molar-refractivity contribution in [1.29, 1.82) is 0 Å². The van der Waals surface area contributed by atoms with Gasteiger partial charge < -0.3 is 0 Å². The summed E-state index contributed by atoms with van der Waals surface area (Å²) < 4.78 is 0. The molecule has 1 unspecified atom stereocenters. The molecule has 1 heteroatoms. The molecule has 0 aliphatic rings. The van der Waals surface area contributed by atoms with Gasteiger partial charge in [0.15, 0.2) is 0 Å². The fourth-order valence-electron chi connectivity index (χ4n) is 1.73. The first-order chi connectivity index (χ1) is 7.83. The normalized spacial score (nSPS) is 12.1. The molecule has 0 spiro atoms. The zero-order chi connectivity index (χ0) is 11.4. The number of hydrogen-bond donors (Lipinski definition) is 0. The maximum absolute atomic E-state index is 6.47. The maximum atomic E-state index is 6.47. The number of halogens is 1. The molecule has 0 saturated carbocycles. The van der Waals surface area contributed by atoms with Crippen molar-refractivity contribution >= 4 is 17.7 Å². The molecule has 0 N–H and O–H groups in total. The summed E-state index contributed by atoms with van der Waals surface area (Å²) in [5.41, 5.74) is 3.30. The molecule has 2 rings (SSSR count). The fraction of sp³-hybridized carbons (Fsp3) is 0.0667. The molecule has 0 bridgehead atoms. The summed E-state index contributed by atoms with van der Waals surface area (Å²) in [6.07, 6.45) is 1.84. The zero-order valence-corrected chi connectivity index (χ0v) is 9.69. The van der Waals surface area contributed by atoms with E-state index in [0.29, 0.717) is 0 Å². The van der Waals surface area contributed by atoms with Crippen molar-refractivity contribution in [1.82, 2.24) is 0 Å². The SMILES string of the molecule is C=Cc1ccccc1C(Cl)c1ccccc1. The molecule has 0 heterocycles. The van der Waals surface area contributed by atoms with E-state index in [-0.39, 0.29) is 5.38 Å². The lowest BCUT2D eigenvalue weighted by Crippen LogP contribution is -1.95. The predicted molar refractivity (Wildman–Crippen MR) is 70.7 cm³/mol. The highest BCUT2D eigenvalue weighted by atomic mass is 35.5. The fourth-order valence-corrected chi connectivity index (χ4v) is 2.07. The summed E-state index contributed by atoms with van der Waals surface area (Å²) in [7, 11) is 0. The summed E-state index contributed by atoms with van der Waals surface area (Å²) in [5.74, 6) is 0. The van der Waals surface area contributed by atoms with Crippen LogP contribution < -0.4 is 0 Å². The molecule has 0 aliphatic heterocycles. The van der Waals surface area contributed by atoms with Crippen LogP contribution in [0.15, 0.2) is 61.2 Å². The Kier molecular flexibility index (Phi) is 3.43. The first kappa shape index (κ1) is 11.0. The largest absolute Gasteiger partial charge is 0.113 e. The molecule has 2 aromatic carbocycles. The average Bonchev–Trinajstić information content (AvgIpc) is 2.39. The Morgan fingerprint density at radius 2 is 1.56 bits per heavy atom. The van der Waals surface area contributed by atoms with Gasteiger partial charge in [0.25, 0.3) is 0 Å². The van der Waals surface area contributed by atoms with E-state index in [0.717, 1.165) is 16.7 Å². The number of benzene rings is 2. The van der Waals surface area contributed by atoms with E-state index in [1.54, 1.807) is 0 Å². The summed E-state index contributed by atoms with van der Waals surface area (Å²) in [6.45, 7) is 3.81. The van der Waals surface area contributed by atoms with Crippen molar-refractivity contribution in [3.05, 3.63) is 77.9 Å². The summed E-state index contributed by atoms with van der Waals surface area (Å²) in [4.78, 5) is 0. The molecule has 0 radical (unpaired) electrons. The standard InChI is InChI=1S/C15H13Cl/c1-2-12-8-6-7-11-14(12)15(16)13-9-4-3-5-10-13/h2-11,15H,1H2. The van der Waals surface area contributed by atoms with Gasteiger partial charge in [-0.25, -0.2) is 0 Å². The van der Waals surface area contributed by atoms with E-state index >= 15 is 0 Å². The van der Waals surface area contributed by atoms with Crippen LogP contribution in [-0.2, 0) is 0 Å². The Labute approximate surface area is 101 Å². The quantitative estimate of drug-likeness (QED) is 0.671. The summed E-state index contributed by atoms with van der Waals surface area (Å²) >= 11 is 6.47. The third kappa shape index (κ3) is 2.17. The second kappa shape index (κ2) is 5.00. The molecular formula is C15H13Cl. The van der Waals surface area contributed by atoms with E-state index in [1.807, 2.05) is 60.7 Å². The van der Waals surface area contributed by atoms with Gasteiger partial charge >= 0.3 is 0 Å². The van der Waals surface area contributed by atoms with Crippen molar-refractivity contribution in [2.75, 3.05) is 0 Å². The minimum absolute atomic E-state index is 0.115. The smallest absolute Gasteiger partial charge is 0.0841 e. The van der Waals surface area contributed by atoms with E-state index in [4.69, 9.17) is 11.6 Å². The lowest BCUT2D eigenvalue weighted by molar-refractivity contribution is 1.13. The summed E-state index contributed by atoms with van der Waals surface area (Å²) in [5, 5.41) is -0.115. The van der Waals surface area contributed by atoms with Gasteiger partial charge in [0.1, 0.15) is 0 Å². The van der Waals surface area contributed by atoms with Gasteiger partial charge in [0.05, 0.1) is 5.38 Å². The van der Waals surface area contributed by atoms with Gasteiger partial charge in [-0.2, -0.15) is 0 Å². The van der Waals surface area contributed by atoms with Crippen molar-refractivity contribution in [3.63, 3.8) is 0 Å². The Morgan fingerprint density at radius 1 is 0.938 bits per heavy atom. The van der Waals surface area contributed by atoms with E-state index in [9.17, 15) is 0 Å².